The standard InChI is InChI=1S/C19H29N3O2.HI/c1-20-18(22-12-10-19(14-22)8-4-9-19)21-11-7-15-5-6-16(23-2)17(13-15)24-3;/h5-6,13H,4,7-12,14H2,1-3H3,(H,20,21);1H. The fourth-order valence-electron chi connectivity index (χ4n) is 3.89. The summed E-state index contributed by atoms with van der Waals surface area (Å²) < 4.78 is 10.7. The maximum absolute atomic E-state index is 5.37. The molecule has 1 heterocycles. The SMILES string of the molecule is CN=C(NCCc1ccc(OC)c(OC)c1)N1CCC2(CCC2)C1.I. The highest BCUT2D eigenvalue weighted by Gasteiger charge is 2.43. The Kier molecular flexibility index (Phi) is 7.22. The van der Waals surface area contributed by atoms with Gasteiger partial charge in [0, 0.05) is 26.7 Å². The third-order valence-electron chi connectivity index (χ3n) is 5.51. The molecule has 2 aliphatic rings. The number of rotatable bonds is 5. The van der Waals surface area contributed by atoms with E-state index in [-0.39, 0.29) is 24.0 Å². The molecule has 1 spiro atoms. The molecule has 1 N–H and O–H groups in total. The van der Waals surface area contributed by atoms with Crippen molar-refractivity contribution >= 4 is 29.9 Å². The molecule has 1 aliphatic carbocycles. The number of benzene rings is 1. The van der Waals surface area contributed by atoms with Crippen LogP contribution in [-0.2, 0) is 6.42 Å². The van der Waals surface area contributed by atoms with E-state index in [0.717, 1.165) is 37.0 Å². The minimum Gasteiger partial charge on any atom is -0.493 e. The highest BCUT2D eigenvalue weighted by atomic mass is 127. The van der Waals surface area contributed by atoms with Crippen LogP contribution >= 0.6 is 24.0 Å². The van der Waals surface area contributed by atoms with Crippen LogP contribution in [0, 0.1) is 5.41 Å². The van der Waals surface area contributed by atoms with Crippen molar-refractivity contribution in [3.8, 4) is 11.5 Å². The molecule has 140 valence electrons. The van der Waals surface area contributed by atoms with Crippen LogP contribution in [0.5, 0.6) is 11.5 Å². The van der Waals surface area contributed by atoms with Crippen LogP contribution in [0.2, 0.25) is 0 Å². The van der Waals surface area contributed by atoms with Gasteiger partial charge in [0.05, 0.1) is 14.2 Å². The maximum atomic E-state index is 5.37. The Balaban J connectivity index is 0.00000225. The maximum Gasteiger partial charge on any atom is 0.193 e. The molecule has 0 amide bonds. The zero-order valence-corrected chi connectivity index (χ0v) is 17.8. The number of halogens is 1. The van der Waals surface area contributed by atoms with Gasteiger partial charge in [-0.1, -0.05) is 12.5 Å². The van der Waals surface area contributed by atoms with Crippen LogP contribution < -0.4 is 14.8 Å². The summed E-state index contributed by atoms with van der Waals surface area (Å²) in [6, 6.07) is 6.09. The molecule has 0 unspecified atom stereocenters. The van der Waals surface area contributed by atoms with Crippen molar-refractivity contribution < 1.29 is 9.47 Å². The number of likely N-dealkylation sites (tertiary alicyclic amines) is 1. The lowest BCUT2D eigenvalue weighted by Gasteiger charge is -2.38. The summed E-state index contributed by atoms with van der Waals surface area (Å²) >= 11 is 0. The number of ether oxygens (including phenoxy) is 2. The molecule has 1 aromatic rings. The highest BCUT2D eigenvalue weighted by molar-refractivity contribution is 14.0. The fraction of sp³-hybridized carbons (Fsp3) is 0.632. The lowest BCUT2D eigenvalue weighted by Crippen LogP contribution is -2.43. The van der Waals surface area contributed by atoms with Crippen LogP contribution in [0.15, 0.2) is 23.2 Å². The lowest BCUT2D eigenvalue weighted by molar-refractivity contribution is 0.151. The summed E-state index contributed by atoms with van der Waals surface area (Å²) in [6.45, 7) is 3.17. The van der Waals surface area contributed by atoms with Gasteiger partial charge in [-0.15, -0.1) is 24.0 Å². The van der Waals surface area contributed by atoms with E-state index in [1.165, 1.54) is 37.8 Å². The number of hydrogen-bond acceptors (Lipinski definition) is 3. The molecular weight excluding hydrogens is 429 g/mol. The van der Waals surface area contributed by atoms with E-state index in [9.17, 15) is 0 Å². The minimum absolute atomic E-state index is 0. The normalized spacial score (nSPS) is 18.5. The lowest BCUT2D eigenvalue weighted by atomic mass is 9.68. The van der Waals surface area contributed by atoms with E-state index in [2.05, 4.69) is 21.3 Å². The van der Waals surface area contributed by atoms with Crippen LogP contribution in [0.4, 0.5) is 0 Å². The predicted octanol–water partition coefficient (Wildman–Crippen LogP) is 3.32. The van der Waals surface area contributed by atoms with Crippen molar-refractivity contribution in [3.05, 3.63) is 23.8 Å². The zero-order chi connectivity index (χ0) is 17.0. The van der Waals surface area contributed by atoms with Gasteiger partial charge in [-0.2, -0.15) is 0 Å². The first-order chi connectivity index (χ1) is 11.7. The monoisotopic (exact) mass is 459 g/mol. The summed E-state index contributed by atoms with van der Waals surface area (Å²) in [7, 11) is 5.21. The molecule has 0 aromatic heterocycles. The molecule has 0 bridgehead atoms. The Morgan fingerprint density at radius 3 is 2.52 bits per heavy atom. The minimum atomic E-state index is 0. The molecule has 1 saturated carbocycles. The van der Waals surface area contributed by atoms with Crippen LogP contribution in [-0.4, -0.2) is 51.8 Å². The predicted molar refractivity (Wildman–Crippen MR) is 113 cm³/mol. The van der Waals surface area contributed by atoms with Gasteiger partial charge in [0.15, 0.2) is 17.5 Å². The fourth-order valence-corrected chi connectivity index (χ4v) is 3.89. The topological polar surface area (TPSA) is 46.1 Å². The van der Waals surface area contributed by atoms with Crippen LogP contribution in [0.3, 0.4) is 0 Å². The molecule has 25 heavy (non-hydrogen) atoms. The van der Waals surface area contributed by atoms with Gasteiger partial charge in [-0.3, -0.25) is 4.99 Å². The molecule has 1 aromatic carbocycles. The second-order valence-electron chi connectivity index (χ2n) is 6.94. The Hall–Kier alpha value is -1.18. The molecule has 6 heteroatoms. The average molecular weight is 459 g/mol. The van der Waals surface area contributed by atoms with E-state index in [4.69, 9.17) is 9.47 Å². The average Bonchev–Trinajstić information content (AvgIpc) is 3.04. The first-order valence-corrected chi connectivity index (χ1v) is 8.86. The summed E-state index contributed by atoms with van der Waals surface area (Å²) in [5, 5.41) is 3.52. The third kappa shape index (κ3) is 4.51. The molecule has 1 aliphatic heterocycles. The van der Waals surface area contributed by atoms with Gasteiger partial charge in [0.2, 0.25) is 0 Å². The molecule has 0 atom stereocenters. The van der Waals surface area contributed by atoms with Gasteiger partial charge in [0.1, 0.15) is 0 Å². The van der Waals surface area contributed by atoms with Gasteiger partial charge < -0.3 is 19.7 Å². The number of hydrogen-bond donors (Lipinski definition) is 1. The van der Waals surface area contributed by atoms with Crippen molar-refractivity contribution in [2.45, 2.75) is 32.1 Å². The van der Waals surface area contributed by atoms with E-state index < -0.39 is 0 Å². The van der Waals surface area contributed by atoms with E-state index in [0.29, 0.717) is 5.41 Å². The highest BCUT2D eigenvalue weighted by Crippen LogP contribution is 2.47. The van der Waals surface area contributed by atoms with E-state index in [1.54, 1.807) is 14.2 Å². The Labute approximate surface area is 168 Å². The third-order valence-corrected chi connectivity index (χ3v) is 5.51. The number of nitrogens with one attached hydrogen (secondary N) is 1. The molecular formula is C19H30IN3O2. The summed E-state index contributed by atoms with van der Waals surface area (Å²) in [5.74, 6) is 2.60. The van der Waals surface area contributed by atoms with Crippen molar-refractivity contribution in [3.63, 3.8) is 0 Å². The first kappa shape index (κ1) is 20.1. The quantitative estimate of drug-likeness (QED) is 0.417. The Bertz CT molecular complexity index is 602. The molecule has 1 saturated heterocycles. The van der Waals surface area contributed by atoms with E-state index >= 15 is 0 Å². The van der Waals surface area contributed by atoms with E-state index in [1.807, 2.05) is 19.2 Å². The second-order valence-corrected chi connectivity index (χ2v) is 6.94. The number of aliphatic imine (C=N–C) groups is 1. The first-order valence-electron chi connectivity index (χ1n) is 8.86. The Morgan fingerprint density at radius 1 is 1.20 bits per heavy atom. The van der Waals surface area contributed by atoms with Crippen molar-refractivity contribution in [1.82, 2.24) is 10.2 Å². The van der Waals surface area contributed by atoms with Crippen molar-refractivity contribution in [2.75, 3.05) is 40.9 Å². The molecule has 2 fully saturated rings. The summed E-state index contributed by atoms with van der Waals surface area (Å²) in [5.41, 5.74) is 1.83. The molecule has 3 rings (SSSR count). The largest absolute Gasteiger partial charge is 0.493 e. The van der Waals surface area contributed by atoms with Gasteiger partial charge in [0.25, 0.3) is 0 Å². The second kappa shape index (κ2) is 8.96. The van der Waals surface area contributed by atoms with Crippen LogP contribution in [0.25, 0.3) is 0 Å². The van der Waals surface area contributed by atoms with Crippen molar-refractivity contribution in [2.24, 2.45) is 10.4 Å². The number of nitrogens with zero attached hydrogens (tertiary/aromatic N) is 2. The molecule has 0 radical (unpaired) electrons. The van der Waals surface area contributed by atoms with Crippen LogP contribution in [0.1, 0.15) is 31.2 Å². The zero-order valence-electron chi connectivity index (χ0n) is 15.5. The molecule has 5 nitrogen and oxygen atoms in total. The summed E-state index contributed by atoms with van der Waals surface area (Å²) in [6.07, 6.45) is 6.44. The van der Waals surface area contributed by atoms with Gasteiger partial charge in [-0.05, 0) is 48.8 Å². The number of guanidine groups is 1. The smallest absolute Gasteiger partial charge is 0.193 e. The summed E-state index contributed by atoms with van der Waals surface area (Å²) in [4.78, 5) is 6.90. The Morgan fingerprint density at radius 2 is 1.96 bits per heavy atom. The number of methoxy groups -OCH3 is 2. The van der Waals surface area contributed by atoms with Crippen molar-refractivity contribution in [1.29, 1.82) is 0 Å². The van der Waals surface area contributed by atoms with Gasteiger partial charge in [-0.25, -0.2) is 0 Å². The van der Waals surface area contributed by atoms with Gasteiger partial charge >= 0.3 is 0 Å².